The lowest BCUT2D eigenvalue weighted by Crippen LogP contribution is -2.50. The smallest absolute Gasteiger partial charge is 0.274 e. The van der Waals surface area contributed by atoms with Crippen molar-refractivity contribution in [1.29, 1.82) is 10.8 Å². The summed E-state index contributed by atoms with van der Waals surface area (Å²) in [7, 11) is 1.50. The van der Waals surface area contributed by atoms with Gasteiger partial charge in [0.2, 0.25) is 11.8 Å². The van der Waals surface area contributed by atoms with Crippen LogP contribution in [0.4, 0.5) is 0 Å². The van der Waals surface area contributed by atoms with Gasteiger partial charge in [-0.3, -0.25) is 24.9 Å². The van der Waals surface area contributed by atoms with Gasteiger partial charge in [0.25, 0.3) is 5.91 Å². The van der Waals surface area contributed by atoms with Crippen molar-refractivity contribution in [1.82, 2.24) is 15.2 Å². The minimum Gasteiger partial charge on any atom is -0.444 e. The van der Waals surface area contributed by atoms with Crippen molar-refractivity contribution in [3.8, 4) is 0 Å². The number of hydrogen-bond donors (Lipinski definition) is 3. The number of nitrogens with zero attached hydrogens (tertiary/aromatic N) is 3. The van der Waals surface area contributed by atoms with Gasteiger partial charge in [0.15, 0.2) is 5.69 Å². The number of hydrogen-bond acceptors (Lipinski definition) is 8. The molecule has 2 heterocycles. The molecule has 2 rings (SSSR count). The molecule has 1 aliphatic heterocycles. The van der Waals surface area contributed by atoms with Gasteiger partial charge in [0, 0.05) is 43.4 Å². The standard InChI is InChI=1S/C19H24N6O4/c1-19(2)6-8-25(18(19)28)15(21)13(10-22-3)23-16(27)14-11-29-17(24-14)12(4-7-20)5-9-26/h4,7,9-11,13,20-21H,5-6,8H2,1-3H3,(H,23,27)/b12-4+,20-7?,21-15?,22-10?. The van der Waals surface area contributed by atoms with Crippen LogP contribution < -0.4 is 5.32 Å². The molecule has 1 aromatic rings. The number of carbonyl (C=O) groups is 3. The Labute approximate surface area is 168 Å². The molecule has 2 amide bonds. The molecule has 1 saturated heterocycles. The molecule has 1 unspecified atom stereocenters. The quantitative estimate of drug-likeness (QED) is 0.341. The second kappa shape index (κ2) is 9.18. The third-order valence-electron chi connectivity index (χ3n) is 4.55. The molecule has 3 N–H and O–H groups in total. The zero-order valence-electron chi connectivity index (χ0n) is 16.6. The van der Waals surface area contributed by atoms with E-state index in [0.717, 1.165) is 12.5 Å². The van der Waals surface area contributed by atoms with Gasteiger partial charge in [-0.1, -0.05) is 13.8 Å². The van der Waals surface area contributed by atoms with Gasteiger partial charge in [0.05, 0.1) is 0 Å². The van der Waals surface area contributed by atoms with Gasteiger partial charge >= 0.3 is 0 Å². The largest absolute Gasteiger partial charge is 0.444 e. The summed E-state index contributed by atoms with van der Waals surface area (Å²) in [6.07, 6.45) is 6.08. The fraction of sp³-hybridized carbons (Fsp3) is 0.421. The highest BCUT2D eigenvalue weighted by Crippen LogP contribution is 2.30. The molecule has 10 heteroatoms. The molecule has 0 spiro atoms. The van der Waals surface area contributed by atoms with E-state index in [1.54, 1.807) is 0 Å². The van der Waals surface area contributed by atoms with Crippen LogP contribution in [-0.2, 0) is 9.59 Å². The van der Waals surface area contributed by atoms with Crippen LogP contribution in [0.2, 0.25) is 0 Å². The van der Waals surface area contributed by atoms with Crippen LogP contribution >= 0.6 is 0 Å². The van der Waals surface area contributed by atoms with Crippen molar-refractivity contribution in [3.05, 3.63) is 23.9 Å². The summed E-state index contributed by atoms with van der Waals surface area (Å²) in [6, 6.07) is -0.919. The molecule has 0 aliphatic carbocycles. The first kappa shape index (κ1) is 21.9. The molecule has 1 atom stereocenters. The third-order valence-corrected chi connectivity index (χ3v) is 4.55. The third kappa shape index (κ3) is 4.89. The number of oxazole rings is 1. The number of amidine groups is 1. The molecule has 154 valence electrons. The molecule has 0 saturated carbocycles. The lowest BCUT2D eigenvalue weighted by Gasteiger charge is -2.24. The highest BCUT2D eigenvalue weighted by molar-refractivity contribution is 6.11. The minimum atomic E-state index is -0.919. The Morgan fingerprint density at radius 2 is 2.24 bits per heavy atom. The maximum Gasteiger partial charge on any atom is 0.274 e. The van der Waals surface area contributed by atoms with Crippen LogP contribution in [0.15, 0.2) is 21.7 Å². The second-order valence-corrected chi connectivity index (χ2v) is 7.10. The fourth-order valence-corrected chi connectivity index (χ4v) is 2.85. The van der Waals surface area contributed by atoms with Crippen molar-refractivity contribution in [3.63, 3.8) is 0 Å². The van der Waals surface area contributed by atoms with Gasteiger partial charge in [-0.25, -0.2) is 4.98 Å². The molecule has 1 aliphatic rings. The van der Waals surface area contributed by atoms with E-state index < -0.39 is 17.4 Å². The molecule has 29 heavy (non-hydrogen) atoms. The Balaban J connectivity index is 2.17. The monoisotopic (exact) mass is 400 g/mol. The van der Waals surface area contributed by atoms with Crippen molar-refractivity contribution in [2.75, 3.05) is 13.6 Å². The molecule has 10 nitrogen and oxygen atoms in total. The number of rotatable bonds is 8. The number of allylic oxidation sites excluding steroid dienone is 2. The van der Waals surface area contributed by atoms with Gasteiger partial charge in [0.1, 0.15) is 24.4 Å². The summed E-state index contributed by atoms with van der Waals surface area (Å²) in [6.45, 7) is 4.03. The maximum absolute atomic E-state index is 12.6. The maximum atomic E-state index is 12.6. The van der Waals surface area contributed by atoms with Crippen LogP contribution in [0.3, 0.4) is 0 Å². The minimum absolute atomic E-state index is 0.0143. The summed E-state index contributed by atoms with van der Waals surface area (Å²) < 4.78 is 5.24. The van der Waals surface area contributed by atoms with Crippen molar-refractivity contribution in [2.24, 2.45) is 10.4 Å². The number of aromatic nitrogens is 1. The van der Waals surface area contributed by atoms with Crippen LogP contribution in [0.1, 0.15) is 43.1 Å². The van der Waals surface area contributed by atoms with E-state index in [-0.39, 0.29) is 29.7 Å². The summed E-state index contributed by atoms with van der Waals surface area (Å²) in [5.41, 5.74) is -0.253. The molecule has 0 bridgehead atoms. The van der Waals surface area contributed by atoms with E-state index in [4.69, 9.17) is 15.2 Å². The lowest BCUT2D eigenvalue weighted by molar-refractivity contribution is -0.131. The molecular weight excluding hydrogens is 376 g/mol. The summed E-state index contributed by atoms with van der Waals surface area (Å²) in [5, 5.41) is 18.1. The molecule has 1 fully saturated rings. The first-order valence-electron chi connectivity index (χ1n) is 8.98. The average Bonchev–Trinajstić information content (AvgIpc) is 3.26. The second-order valence-electron chi connectivity index (χ2n) is 7.10. The number of nitrogens with one attached hydrogen (secondary N) is 3. The molecular formula is C19H24N6O4. The number of aldehydes is 1. The summed E-state index contributed by atoms with van der Waals surface area (Å²) >= 11 is 0. The zero-order valence-corrected chi connectivity index (χ0v) is 16.6. The van der Waals surface area contributed by atoms with Gasteiger partial charge in [-0.05, 0) is 12.5 Å². The van der Waals surface area contributed by atoms with Gasteiger partial charge in [-0.2, -0.15) is 0 Å². The fourth-order valence-electron chi connectivity index (χ4n) is 2.85. The molecule has 0 aromatic carbocycles. The summed E-state index contributed by atoms with van der Waals surface area (Å²) in [4.78, 5) is 45.1. The Morgan fingerprint density at radius 1 is 1.52 bits per heavy atom. The van der Waals surface area contributed by atoms with Crippen LogP contribution in [0.5, 0.6) is 0 Å². The predicted molar refractivity (Wildman–Crippen MR) is 107 cm³/mol. The first-order chi connectivity index (χ1) is 13.7. The van der Waals surface area contributed by atoms with Crippen LogP contribution in [0, 0.1) is 16.2 Å². The normalized spacial score (nSPS) is 17.4. The molecule has 0 radical (unpaired) electrons. The van der Waals surface area contributed by atoms with E-state index in [0.29, 0.717) is 24.8 Å². The Bertz CT molecular complexity index is 883. The van der Waals surface area contributed by atoms with E-state index >= 15 is 0 Å². The highest BCUT2D eigenvalue weighted by atomic mass is 16.3. The Morgan fingerprint density at radius 3 is 2.79 bits per heavy atom. The van der Waals surface area contributed by atoms with E-state index in [1.165, 1.54) is 24.2 Å². The molecule has 1 aromatic heterocycles. The highest BCUT2D eigenvalue weighted by Gasteiger charge is 2.41. The van der Waals surface area contributed by atoms with Crippen molar-refractivity contribution < 1.29 is 18.8 Å². The lowest BCUT2D eigenvalue weighted by atomic mass is 9.92. The Hall–Kier alpha value is -3.43. The van der Waals surface area contributed by atoms with Crippen molar-refractivity contribution >= 4 is 41.9 Å². The van der Waals surface area contributed by atoms with Crippen LogP contribution in [0.25, 0.3) is 5.57 Å². The van der Waals surface area contributed by atoms with E-state index in [9.17, 15) is 14.4 Å². The number of amides is 2. The first-order valence-corrected chi connectivity index (χ1v) is 8.98. The van der Waals surface area contributed by atoms with Crippen LogP contribution in [-0.4, -0.2) is 65.9 Å². The van der Waals surface area contributed by atoms with Gasteiger partial charge < -0.3 is 19.9 Å². The number of aliphatic imine (C=N–C) groups is 1. The Kier molecular flexibility index (Phi) is 6.92. The van der Waals surface area contributed by atoms with E-state index in [1.807, 2.05) is 13.8 Å². The predicted octanol–water partition coefficient (Wildman–Crippen LogP) is 1.33. The zero-order chi connectivity index (χ0) is 21.6. The topological polar surface area (TPSA) is 153 Å². The van der Waals surface area contributed by atoms with E-state index in [2.05, 4.69) is 15.3 Å². The SMILES string of the molecule is CN=CC(NC(=O)c1coc(/C(=C/C=N)CC=O)n1)C(=N)N1CCC(C)(C)C1=O. The van der Waals surface area contributed by atoms with Crippen molar-refractivity contribution in [2.45, 2.75) is 32.7 Å². The van der Waals surface area contributed by atoms with Gasteiger partial charge in [-0.15, -0.1) is 0 Å². The average molecular weight is 400 g/mol. The number of likely N-dealkylation sites (tertiary alicyclic amines) is 1. The summed E-state index contributed by atoms with van der Waals surface area (Å²) in [5.74, 6) is -0.822. The number of carbonyl (C=O) groups excluding carboxylic acids is 3.